The van der Waals surface area contributed by atoms with Gasteiger partial charge in [0.15, 0.2) is 5.96 Å². The molecule has 0 spiro atoms. The van der Waals surface area contributed by atoms with Crippen molar-refractivity contribution in [1.82, 2.24) is 20.9 Å². The van der Waals surface area contributed by atoms with Crippen molar-refractivity contribution in [2.75, 3.05) is 40.3 Å². The highest BCUT2D eigenvalue weighted by Crippen LogP contribution is 2.28. The summed E-state index contributed by atoms with van der Waals surface area (Å²) in [5, 5.41) is 9.41. The molecule has 3 N–H and O–H groups in total. The average Bonchev–Trinajstić information content (AvgIpc) is 3.27. The third-order valence-electron chi connectivity index (χ3n) is 3.93. The van der Waals surface area contributed by atoms with Crippen LogP contribution in [0.15, 0.2) is 27.8 Å². The highest BCUT2D eigenvalue weighted by atomic mass is 16.3. The lowest BCUT2D eigenvalue weighted by Gasteiger charge is -2.21. The van der Waals surface area contributed by atoms with E-state index in [9.17, 15) is 4.79 Å². The molecule has 24 heavy (non-hydrogen) atoms. The number of nitrogens with zero attached hydrogens (tertiary/aromatic N) is 2. The molecular weight excluding hydrogens is 306 g/mol. The van der Waals surface area contributed by atoms with E-state index in [1.807, 2.05) is 33.2 Å². The maximum atomic E-state index is 11.6. The van der Waals surface area contributed by atoms with Crippen molar-refractivity contribution < 1.29 is 9.21 Å². The zero-order valence-electron chi connectivity index (χ0n) is 14.8. The number of hydrogen-bond acceptors (Lipinski definition) is 4. The summed E-state index contributed by atoms with van der Waals surface area (Å²) < 4.78 is 5.50. The van der Waals surface area contributed by atoms with E-state index in [0.29, 0.717) is 19.6 Å². The fraction of sp³-hybridized carbons (Fsp3) is 0.647. The van der Waals surface area contributed by atoms with Crippen LogP contribution in [0.5, 0.6) is 0 Å². The molecule has 1 aliphatic rings. The van der Waals surface area contributed by atoms with Crippen LogP contribution in [0.1, 0.15) is 31.6 Å². The minimum absolute atomic E-state index is 0.0880. The summed E-state index contributed by atoms with van der Waals surface area (Å²) in [6, 6.07) is 3.94. The number of likely N-dealkylation sites (N-methyl/N-ethyl adjacent to an activating group) is 1. The van der Waals surface area contributed by atoms with E-state index >= 15 is 0 Å². The van der Waals surface area contributed by atoms with Gasteiger partial charge < -0.3 is 20.4 Å². The van der Waals surface area contributed by atoms with Crippen molar-refractivity contribution in [3.8, 4) is 0 Å². The molecule has 1 heterocycles. The predicted molar refractivity (Wildman–Crippen MR) is 94.9 cm³/mol. The minimum Gasteiger partial charge on any atom is -0.468 e. The molecule has 7 nitrogen and oxygen atoms in total. The van der Waals surface area contributed by atoms with Crippen molar-refractivity contribution in [2.24, 2.45) is 10.9 Å². The van der Waals surface area contributed by atoms with Gasteiger partial charge in [0, 0.05) is 25.6 Å². The van der Waals surface area contributed by atoms with Crippen molar-refractivity contribution in [2.45, 2.75) is 25.8 Å². The zero-order chi connectivity index (χ0) is 17.4. The van der Waals surface area contributed by atoms with E-state index in [1.165, 1.54) is 0 Å². The van der Waals surface area contributed by atoms with Crippen LogP contribution in [0, 0.1) is 5.92 Å². The maximum Gasteiger partial charge on any atom is 0.223 e. The van der Waals surface area contributed by atoms with Crippen LogP contribution in [-0.4, -0.2) is 57.0 Å². The monoisotopic (exact) mass is 335 g/mol. The topological polar surface area (TPSA) is 81.9 Å². The van der Waals surface area contributed by atoms with Crippen LogP contribution in [0.25, 0.3) is 0 Å². The van der Waals surface area contributed by atoms with Crippen molar-refractivity contribution in [3.05, 3.63) is 24.2 Å². The summed E-state index contributed by atoms with van der Waals surface area (Å²) in [7, 11) is 4.02. The maximum absolute atomic E-state index is 11.6. The van der Waals surface area contributed by atoms with Crippen molar-refractivity contribution in [1.29, 1.82) is 0 Å². The van der Waals surface area contributed by atoms with Crippen LogP contribution in [-0.2, 0) is 4.79 Å². The lowest BCUT2D eigenvalue weighted by Crippen LogP contribution is -2.42. The molecule has 1 saturated carbocycles. The molecule has 1 atom stereocenters. The van der Waals surface area contributed by atoms with Crippen molar-refractivity contribution in [3.63, 3.8) is 0 Å². The first kappa shape index (κ1) is 18.3. The smallest absolute Gasteiger partial charge is 0.223 e. The molecular formula is C17H29N5O2. The van der Waals surface area contributed by atoms with Gasteiger partial charge in [-0.15, -0.1) is 0 Å². The molecule has 0 bridgehead atoms. The van der Waals surface area contributed by atoms with Gasteiger partial charge in [0.2, 0.25) is 5.91 Å². The minimum atomic E-state index is 0.0880. The fourth-order valence-corrected chi connectivity index (χ4v) is 2.36. The first-order valence-corrected chi connectivity index (χ1v) is 8.61. The number of furan rings is 1. The Balaban J connectivity index is 1.80. The Morgan fingerprint density at radius 1 is 1.33 bits per heavy atom. The molecule has 0 radical (unpaired) electrons. The molecule has 1 unspecified atom stereocenters. The van der Waals surface area contributed by atoms with Crippen molar-refractivity contribution >= 4 is 11.9 Å². The summed E-state index contributed by atoms with van der Waals surface area (Å²) in [5.74, 6) is 2.07. The number of carbonyl (C=O) groups is 1. The molecule has 0 aromatic carbocycles. The SMILES string of the molecule is CCNC(=NCC(c1ccco1)N(C)C)NCCNC(=O)C1CC1. The third-order valence-corrected chi connectivity index (χ3v) is 3.93. The van der Waals surface area contributed by atoms with Crippen LogP contribution < -0.4 is 16.0 Å². The number of rotatable bonds is 9. The van der Waals surface area contributed by atoms with E-state index in [4.69, 9.17) is 4.42 Å². The van der Waals surface area contributed by atoms with Gasteiger partial charge in [-0.25, -0.2) is 0 Å². The van der Waals surface area contributed by atoms with Crippen LogP contribution >= 0.6 is 0 Å². The lowest BCUT2D eigenvalue weighted by molar-refractivity contribution is -0.122. The normalized spacial score (nSPS) is 16.1. The molecule has 0 aliphatic heterocycles. The molecule has 0 saturated heterocycles. The Morgan fingerprint density at radius 2 is 2.08 bits per heavy atom. The molecule has 1 aromatic rings. The van der Waals surface area contributed by atoms with Gasteiger partial charge in [-0.05, 0) is 46.0 Å². The first-order chi connectivity index (χ1) is 11.6. The molecule has 1 aliphatic carbocycles. The third kappa shape index (κ3) is 5.88. The summed E-state index contributed by atoms with van der Waals surface area (Å²) >= 11 is 0. The summed E-state index contributed by atoms with van der Waals surface area (Å²) in [4.78, 5) is 18.3. The van der Waals surface area contributed by atoms with E-state index < -0.39 is 0 Å². The molecule has 7 heteroatoms. The molecule has 1 fully saturated rings. The van der Waals surface area contributed by atoms with Crippen LogP contribution in [0.3, 0.4) is 0 Å². The number of guanidine groups is 1. The van der Waals surface area contributed by atoms with E-state index in [2.05, 4.69) is 25.8 Å². The second-order valence-electron chi connectivity index (χ2n) is 6.21. The Kier molecular flexibility index (Phi) is 7.11. The largest absolute Gasteiger partial charge is 0.468 e. The standard InChI is InChI=1S/C17H29N5O2/c1-4-18-17(20-10-9-19-16(23)13-7-8-13)21-12-14(22(2)3)15-6-5-11-24-15/h5-6,11,13-14H,4,7-10,12H2,1-3H3,(H,19,23)(H2,18,20,21). The summed E-state index contributed by atoms with van der Waals surface area (Å²) in [6.07, 6.45) is 3.74. The second-order valence-corrected chi connectivity index (χ2v) is 6.21. The molecule has 1 amide bonds. The quantitative estimate of drug-likeness (QED) is 0.356. The Hall–Kier alpha value is -2.02. The zero-order valence-corrected chi connectivity index (χ0v) is 14.8. The summed E-state index contributed by atoms with van der Waals surface area (Å²) in [5.41, 5.74) is 0. The van der Waals surface area contributed by atoms with Gasteiger partial charge in [0.05, 0.1) is 18.8 Å². The highest BCUT2D eigenvalue weighted by Gasteiger charge is 2.28. The van der Waals surface area contributed by atoms with E-state index in [0.717, 1.165) is 31.1 Å². The fourth-order valence-electron chi connectivity index (χ4n) is 2.36. The number of amides is 1. The second kappa shape index (κ2) is 9.32. The number of carbonyl (C=O) groups excluding carboxylic acids is 1. The Bertz CT molecular complexity index is 523. The first-order valence-electron chi connectivity index (χ1n) is 8.61. The van der Waals surface area contributed by atoms with Gasteiger partial charge in [-0.3, -0.25) is 14.7 Å². The van der Waals surface area contributed by atoms with Gasteiger partial charge in [-0.2, -0.15) is 0 Å². The molecule has 1 aromatic heterocycles. The lowest BCUT2D eigenvalue weighted by atomic mass is 10.2. The Labute approximate surface area is 143 Å². The summed E-state index contributed by atoms with van der Waals surface area (Å²) in [6.45, 7) is 4.66. The van der Waals surface area contributed by atoms with Gasteiger partial charge in [0.1, 0.15) is 5.76 Å². The van der Waals surface area contributed by atoms with E-state index in [-0.39, 0.29) is 17.9 Å². The predicted octanol–water partition coefficient (Wildman–Crippen LogP) is 0.964. The van der Waals surface area contributed by atoms with Crippen LogP contribution in [0.2, 0.25) is 0 Å². The highest BCUT2D eigenvalue weighted by molar-refractivity contribution is 5.81. The average molecular weight is 335 g/mol. The number of nitrogens with one attached hydrogen (secondary N) is 3. The van der Waals surface area contributed by atoms with E-state index in [1.54, 1.807) is 6.26 Å². The van der Waals surface area contributed by atoms with Gasteiger partial charge in [-0.1, -0.05) is 0 Å². The Morgan fingerprint density at radius 3 is 2.67 bits per heavy atom. The van der Waals surface area contributed by atoms with Gasteiger partial charge >= 0.3 is 0 Å². The number of aliphatic imine (C=N–C) groups is 1. The van der Waals surface area contributed by atoms with Gasteiger partial charge in [0.25, 0.3) is 0 Å². The molecule has 2 rings (SSSR count). The molecule has 134 valence electrons. The number of hydrogen-bond donors (Lipinski definition) is 3. The van der Waals surface area contributed by atoms with Crippen LogP contribution in [0.4, 0.5) is 0 Å².